The molecule has 0 fully saturated rings. The lowest BCUT2D eigenvalue weighted by Crippen LogP contribution is -2.34. The minimum absolute atomic E-state index is 0.00734. The van der Waals surface area contributed by atoms with Crippen LogP contribution in [0.2, 0.25) is 0 Å². The highest BCUT2D eigenvalue weighted by Gasteiger charge is 2.22. The van der Waals surface area contributed by atoms with E-state index in [1.54, 1.807) is 12.1 Å². The van der Waals surface area contributed by atoms with Crippen LogP contribution < -0.4 is 5.32 Å². The van der Waals surface area contributed by atoms with E-state index in [4.69, 9.17) is 4.74 Å². The van der Waals surface area contributed by atoms with E-state index in [-0.39, 0.29) is 17.9 Å². The van der Waals surface area contributed by atoms with E-state index < -0.39 is 18.5 Å². The average Bonchev–Trinajstić information content (AvgIpc) is 3.26. The van der Waals surface area contributed by atoms with Gasteiger partial charge in [-0.05, 0) is 28.7 Å². The van der Waals surface area contributed by atoms with Crippen molar-refractivity contribution in [1.29, 1.82) is 0 Å². The maximum absolute atomic E-state index is 12.3. The first kappa shape index (κ1) is 22.2. The second-order valence-electron chi connectivity index (χ2n) is 8.35. The Bertz CT molecular complexity index is 976. The second kappa shape index (κ2) is 9.55. The van der Waals surface area contributed by atoms with E-state index in [0.717, 1.165) is 16.8 Å². The Balaban J connectivity index is 1.43. The summed E-state index contributed by atoms with van der Waals surface area (Å²) in [5.74, 6) is -1.46. The van der Waals surface area contributed by atoms with Crippen LogP contribution in [0.25, 0.3) is 0 Å². The van der Waals surface area contributed by atoms with Crippen molar-refractivity contribution < 1.29 is 19.1 Å². The van der Waals surface area contributed by atoms with Gasteiger partial charge in [-0.2, -0.15) is 5.10 Å². The molecule has 162 valence electrons. The predicted octanol–water partition coefficient (Wildman–Crippen LogP) is 2.89. The van der Waals surface area contributed by atoms with Crippen LogP contribution in [-0.4, -0.2) is 48.2 Å². The van der Waals surface area contributed by atoms with Crippen LogP contribution in [0, 0.1) is 0 Å². The van der Waals surface area contributed by atoms with Crippen molar-refractivity contribution >= 4 is 23.5 Å². The largest absolute Gasteiger partial charge is 0.454 e. The average molecular weight is 421 g/mol. The highest BCUT2D eigenvalue weighted by atomic mass is 16.5. The van der Waals surface area contributed by atoms with Crippen LogP contribution in [0.5, 0.6) is 0 Å². The molecule has 3 rings (SSSR count). The van der Waals surface area contributed by atoms with Crippen LogP contribution in [0.15, 0.2) is 59.7 Å². The molecule has 2 aromatic carbocycles. The highest BCUT2D eigenvalue weighted by Crippen LogP contribution is 2.22. The van der Waals surface area contributed by atoms with Crippen molar-refractivity contribution in [3.8, 4) is 0 Å². The number of hydrogen-bond donors (Lipinski definition) is 1. The van der Waals surface area contributed by atoms with Crippen molar-refractivity contribution in [2.45, 2.75) is 32.6 Å². The first-order valence-electron chi connectivity index (χ1n) is 10.2. The van der Waals surface area contributed by atoms with E-state index in [0.29, 0.717) is 18.5 Å². The zero-order valence-corrected chi connectivity index (χ0v) is 18.1. The van der Waals surface area contributed by atoms with E-state index in [1.165, 1.54) is 5.01 Å². The van der Waals surface area contributed by atoms with Gasteiger partial charge in [0.15, 0.2) is 6.61 Å². The number of hydrazone groups is 1. The molecule has 0 atom stereocenters. The molecule has 2 aromatic rings. The summed E-state index contributed by atoms with van der Waals surface area (Å²) in [7, 11) is 0. The normalized spacial score (nSPS) is 13.5. The number of nitrogens with zero attached hydrogens (tertiary/aromatic N) is 2. The summed E-state index contributed by atoms with van der Waals surface area (Å²) in [5, 5.41) is 8.14. The van der Waals surface area contributed by atoms with Gasteiger partial charge < -0.3 is 10.1 Å². The third kappa shape index (κ3) is 6.01. The fourth-order valence-corrected chi connectivity index (χ4v) is 3.11. The minimum atomic E-state index is -0.681. The van der Waals surface area contributed by atoms with Gasteiger partial charge in [0.25, 0.3) is 11.8 Å². The first-order chi connectivity index (χ1) is 14.7. The van der Waals surface area contributed by atoms with Crippen LogP contribution in [-0.2, 0) is 19.7 Å². The molecular weight excluding hydrogens is 394 g/mol. The minimum Gasteiger partial charge on any atom is -0.454 e. The Morgan fingerprint density at radius 3 is 2.35 bits per heavy atom. The predicted molar refractivity (Wildman–Crippen MR) is 118 cm³/mol. The van der Waals surface area contributed by atoms with Crippen LogP contribution in [0.3, 0.4) is 0 Å². The molecule has 7 nitrogen and oxygen atoms in total. The number of rotatable bonds is 6. The number of nitrogens with one attached hydrogen (secondary N) is 1. The Hall–Kier alpha value is -3.48. The van der Waals surface area contributed by atoms with Gasteiger partial charge in [-0.15, -0.1) is 0 Å². The smallest absolute Gasteiger partial charge is 0.325 e. The fourth-order valence-electron chi connectivity index (χ4n) is 3.11. The second-order valence-corrected chi connectivity index (χ2v) is 8.35. The summed E-state index contributed by atoms with van der Waals surface area (Å²) in [6, 6.07) is 16.9. The monoisotopic (exact) mass is 421 g/mol. The van der Waals surface area contributed by atoms with Crippen molar-refractivity contribution in [2.75, 3.05) is 19.7 Å². The maximum atomic E-state index is 12.3. The lowest BCUT2D eigenvalue weighted by Gasteiger charge is -2.19. The number of benzene rings is 2. The molecule has 31 heavy (non-hydrogen) atoms. The number of amides is 2. The zero-order valence-electron chi connectivity index (χ0n) is 18.1. The molecule has 0 bridgehead atoms. The molecule has 2 amide bonds. The zero-order chi connectivity index (χ0) is 22.4. The Kier molecular flexibility index (Phi) is 6.84. The molecular formula is C24H27N3O4. The Morgan fingerprint density at radius 1 is 1.03 bits per heavy atom. The number of hydrogen-bond acceptors (Lipinski definition) is 5. The third-order valence-corrected chi connectivity index (χ3v) is 4.96. The first-order valence-corrected chi connectivity index (χ1v) is 10.2. The molecule has 0 radical (unpaired) electrons. The Morgan fingerprint density at radius 2 is 1.71 bits per heavy atom. The van der Waals surface area contributed by atoms with Gasteiger partial charge in [-0.25, -0.2) is 5.01 Å². The number of esters is 1. The van der Waals surface area contributed by atoms with Crippen molar-refractivity contribution in [1.82, 2.24) is 10.3 Å². The summed E-state index contributed by atoms with van der Waals surface area (Å²) in [6.07, 6.45) is 0.647. The molecule has 0 spiro atoms. The molecule has 1 N–H and O–H groups in total. The lowest BCUT2D eigenvalue weighted by molar-refractivity contribution is -0.150. The van der Waals surface area contributed by atoms with Crippen molar-refractivity contribution in [3.05, 3.63) is 71.3 Å². The molecule has 0 saturated carbocycles. The molecule has 1 aliphatic rings. The molecule has 0 unspecified atom stereocenters. The standard InChI is InChI=1S/C24H27N3O4/c1-24(2,3)19-11-9-18(10-12-19)23(30)25-15-22(29)31-16-21(28)27-14-13-20(26-27)17-7-5-4-6-8-17/h4-12H,13-16H2,1-3H3,(H,25,30). The van der Waals surface area contributed by atoms with E-state index in [2.05, 4.69) is 31.2 Å². The Labute approximate surface area is 182 Å². The van der Waals surface area contributed by atoms with E-state index in [9.17, 15) is 14.4 Å². The van der Waals surface area contributed by atoms with Crippen molar-refractivity contribution in [2.24, 2.45) is 5.10 Å². The van der Waals surface area contributed by atoms with Gasteiger partial charge in [0.05, 0.1) is 12.3 Å². The van der Waals surface area contributed by atoms with Gasteiger partial charge in [0.1, 0.15) is 6.54 Å². The van der Waals surface area contributed by atoms with Crippen molar-refractivity contribution in [3.63, 3.8) is 0 Å². The van der Waals surface area contributed by atoms with Gasteiger partial charge in [-0.3, -0.25) is 14.4 Å². The van der Waals surface area contributed by atoms with Crippen LogP contribution >= 0.6 is 0 Å². The van der Waals surface area contributed by atoms with Crippen LogP contribution in [0.4, 0.5) is 0 Å². The summed E-state index contributed by atoms with van der Waals surface area (Å²) < 4.78 is 4.99. The van der Waals surface area contributed by atoms with Crippen LogP contribution in [0.1, 0.15) is 48.7 Å². The summed E-state index contributed by atoms with van der Waals surface area (Å²) >= 11 is 0. The SMILES string of the molecule is CC(C)(C)c1ccc(C(=O)NCC(=O)OCC(=O)N2CCC(c3ccccc3)=N2)cc1. The molecule has 0 aromatic heterocycles. The molecule has 7 heteroatoms. The van der Waals surface area contributed by atoms with Gasteiger partial charge >= 0.3 is 5.97 Å². The summed E-state index contributed by atoms with van der Waals surface area (Å²) in [4.78, 5) is 36.4. The fraction of sp³-hybridized carbons (Fsp3) is 0.333. The maximum Gasteiger partial charge on any atom is 0.325 e. The molecule has 1 heterocycles. The number of ether oxygens (including phenoxy) is 1. The van der Waals surface area contributed by atoms with Gasteiger partial charge in [0, 0.05) is 12.0 Å². The van der Waals surface area contributed by atoms with Gasteiger partial charge in [-0.1, -0.05) is 63.2 Å². The van der Waals surface area contributed by atoms with E-state index >= 15 is 0 Å². The van der Waals surface area contributed by atoms with Gasteiger partial charge in [0.2, 0.25) is 0 Å². The highest BCUT2D eigenvalue weighted by molar-refractivity contribution is 6.02. The summed E-state index contributed by atoms with van der Waals surface area (Å²) in [6.45, 7) is 5.99. The topological polar surface area (TPSA) is 88.1 Å². The number of carbonyl (C=O) groups is 3. The third-order valence-electron chi connectivity index (χ3n) is 4.96. The molecule has 0 aliphatic carbocycles. The summed E-state index contributed by atoms with van der Waals surface area (Å²) in [5.41, 5.74) is 3.35. The lowest BCUT2D eigenvalue weighted by atomic mass is 9.87. The van der Waals surface area contributed by atoms with E-state index in [1.807, 2.05) is 42.5 Å². The molecule has 0 saturated heterocycles. The molecule has 1 aliphatic heterocycles. The quantitative estimate of drug-likeness (QED) is 0.727. The number of carbonyl (C=O) groups excluding carboxylic acids is 3.